The van der Waals surface area contributed by atoms with Crippen LogP contribution in [0.4, 0.5) is 0 Å². The SMILES string of the molecule is O=C(O)CCC(NC(=O)C1CC12CCNCC2)C(=O)O. The Hall–Kier alpha value is -1.63. The van der Waals surface area contributed by atoms with Crippen molar-refractivity contribution in [3.05, 3.63) is 0 Å². The van der Waals surface area contributed by atoms with Gasteiger partial charge in [-0.1, -0.05) is 0 Å². The quantitative estimate of drug-likeness (QED) is 0.537. The number of aliphatic carboxylic acids is 2. The molecule has 7 nitrogen and oxygen atoms in total. The summed E-state index contributed by atoms with van der Waals surface area (Å²) in [6.07, 6.45) is 2.34. The van der Waals surface area contributed by atoms with Crippen LogP contribution in [0.25, 0.3) is 0 Å². The number of carboxylic acids is 2. The smallest absolute Gasteiger partial charge is 0.326 e. The van der Waals surface area contributed by atoms with Gasteiger partial charge in [-0.3, -0.25) is 9.59 Å². The van der Waals surface area contributed by atoms with Crippen LogP contribution in [0.15, 0.2) is 0 Å². The zero-order chi connectivity index (χ0) is 14.8. The molecule has 0 radical (unpaired) electrons. The molecule has 2 atom stereocenters. The number of carboxylic acid groups (broad SMARTS) is 2. The number of amides is 1. The Morgan fingerprint density at radius 3 is 2.45 bits per heavy atom. The molecule has 112 valence electrons. The fourth-order valence-electron chi connectivity index (χ4n) is 2.99. The molecule has 0 aromatic rings. The van der Waals surface area contributed by atoms with Crippen LogP contribution in [0.3, 0.4) is 0 Å². The van der Waals surface area contributed by atoms with Crippen LogP contribution in [0.2, 0.25) is 0 Å². The number of piperidine rings is 1. The minimum Gasteiger partial charge on any atom is -0.481 e. The highest BCUT2D eigenvalue weighted by molar-refractivity contribution is 5.87. The molecule has 2 aliphatic rings. The summed E-state index contributed by atoms with van der Waals surface area (Å²) in [4.78, 5) is 33.6. The summed E-state index contributed by atoms with van der Waals surface area (Å²) in [5, 5.41) is 23.3. The van der Waals surface area contributed by atoms with E-state index in [0.29, 0.717) is 0 Å². The highest BCUT2D eigenvalue weighted by Crippen LogP contribution is 2.58. The second-order valence-electron chi connectivity index (χ2n) is 5.70. The largest absolute Gasteiger partial charge is 0.481 e. The molecule has 0 aromatic carbocycles. The number of hydrogen-bond donors (Lipinski definition) is 4. The third-order valence-electron chi connectivity index (χ3n) is 4.37. The maximum absolute atomic E-state index is 12.1. The maximum atomic E-state index is 12.1. The Bertz CT molecular complexity index is 417. The van der Waals surface area contributed by atoms with E-state index >= 15 is 0 Å². The van der Waals surface area contributed by atoms with E-state index in [2.05, 4.69) is 10.6 Å². The fourth-order valence-corrected chi connectivity index (χ4v) is 2.99. The average molecular weight is 284 g/mol. The van der Waals surface area contributed by atoms with Gasteiger partial charge in [-0.25, -0.2) is 4.79 Å². The lowest BCUT2D eigenvalue weighted by atomic mass is 9.91. The van der Waals surface area contributed by atoms with Crippen molar-refractivity contribution in [1.29, 1.82) is 0 Å². The van der Waals surface area contributed by atoms with E-state index < -0.39 is 18.0 Å². The molecule has 4 N–H and O–H groups in total. The van der Waals surface area contributed by atoms with Crippen LogP contribution in [0, 0.1) is 11.3 Å². The van der Waals surface area contributed by atoms with Gasteiger partial charge in [-0.15, -0.1) is 0 Å². The summed E-state index contributed by atoms with van der Waals surface area (Å²) in [7, 11) is 0. The standard InChI is InChI=1S/C13H20N2O5/c16-10(17)2-1-9(12(19)20)15-11(18)8-7-13(8)3-5-14-6-4-13/h8-9,14H,1-7H2,(H,15,18)(H,16,17)(H,19,20). The second-order valence-corrected chi connectivity index (χ2v) is 5.70. The monoisotopic (exact) mass is 284 g/mol. The highest BCUT2D eigenvalue weighted by Gasteiger charge is 2.57. The molecule has 1 aliphatic carbocycles. The number of carbonyl (C=O) groups excluding carboxylic acids is 1. The summed E-state index contributed by atoms with van der Waals surface area (Å²) < 4.78 is 0. The topological polar surface area (TPSA) is 116 Å². The summed E-state index contributed by atoms with van der Waals surface area (Å²) in [5.41, 5.74) is 0.0468. The zero-order valence-corrected chi connectivity index (χ0v) is 11.2. The predicted octanol–water partition coefficient (Wildman–Crippen LogP) is -0.190. The highest BCUT2D eigenvalue weighted by atomic mass is 16.4. The van der Waals surface area contributed by atoms with Crippen molar-refractivity contribution in [3.63, 3.8) is 0 Å². The summed E-state index contributed by atoms with van der Waals surface area (Å²) >= 11 is 0. The molecule has 0 bridgehead atoms. The van der Waals surface area contributed by atoms with Gasteiger partial charge in [0.1, 0.15) is 6.04 Å². The number of carbonyl (C=O) groups is 3. The predicted molar refractivity (Wildman–Crippen MR) is 69.1 cm³/mol. The van der Waals surface area contributed by atoms with Gasteiger partial charge in [-0.2, -0.15) is 0 Å². The van der Waals surface area contributed by atoms with E-state index in [1.165, 1.54) is 0 Å². The molecule has 1 spiro atoms. The van der Waals surface area contributed by atoms with Crippen molar-refractivity contribution in [2.75, 3.05) is 13.1 Å². The minimum atomic E-state index is -1.18. The Morgan fingerprint density at radius 2 is 1.90 bits per heavy atom. The van der Waals surface area contributed by atoms with Gasteiger partial charge in [-0.05, 0) is 44.2 Å². The van der Waals surface area contributed by atoms with Crippen LogP contribution in [-0.2, 0) is 14.4 Å². The van der Waals surface area contributed by atoms with Gasteiger partial charge in [0.25, 0.3) is 0 Å². The molecule has 1 amide bonds. The van der Waals surface area contributed by atoms with E-state index in [1.54, 1.807) is 0 Å². The molecule has 1 heterocycles. The van der Waals surface area contributed by atoms with E-state index in [4.69, 9.17) is 10.2 Å². The molecule has 2 fully saturated rings. The first kappa shape index (κ1) is 14.8. The maximum Gasteiger partial charge on any atom is 0.326 e. The molecule has 0 aromatic heterocycles. The summed E-state index contributed by atoms with van der Waals surface area (Å²) in [6.45, 7) is 1.79. The number of hydrogen-bond acceptors (Lipinski definition) is 4. The third kappa shape index (κ3) is 3.27. The molecule has 1 saturated carbocycles. The first-order valence-corrected chi connectivity index (χ1v) is 6.90. The van der Waals surface area contributed by atoms with E-state index in [0.717, 1.165) is 32.4 Å². The van der Waals surface area contributed by atoms with Crippen molar-refractivity contribution in [1.82, 2.24) is 10.6 Å². The molecule has 20 heavy (non-hydrogen) atoms. The van der Waals surface area contributed by atoms with Crippen molar-refractivity contribution < 1.29 is 24.6 Å². The number of rotatable bonds is 6. The molecule has 2 unspecified atom stereocenters. The van der Waals surface area contributed by atoms with E-state index in [-0.39, 0.29) is 30.1 Å². The van der Waals surface area contributed by atoms with Crippen LogP contribution >= 0.6 is 0 Å². The molecule has 2 rings (SSSR count). The van der Waals surface area contributed by atoms with Crippen molar-refractivity contribution >= 4 is 17.8 Å². The van der Waals surface area contributed by atoms with Gasteiger partial charge in [0.2, 0.25) is 5.91 Å². The van der Waals surface area contributed by atoms with E-state index in [9.17, 15) is 14.4 Å². The number of nitrogens with one attached hydrogen (secondary N) is 2. The Balaban J connectivity index is 1.86. The first-order valence-electron chi connectivity index (χ1n) is 6.90. The molecule has 7 heteroatoms. The average Bonchev–Trinajstić information content (AvgIpc) is 3.08. The molecular formula is C13H20N2O5. The van der Waals surface area contributed by atoms with Crippen molar-refractivity contribution in [2.24, 2.45) is 11.3 Å². The lowest BCUT2D eigenvalue weighted by Crippen LogP contribution is -2.43. The minimum absolute atomic E-state index is 0.0468. The van der Waals surface area contributed by atoms with Gasteiger partial charge < -0.3 is 20.8 Å². The van der Waals surface area contributed by atoms with Crippen molar-refractivity contribution in [3.8, 4) is 0 Å². The Kier molecular flexibility index (Phi) is 4.27. The van der Waals surface area contributed by atoms with Gasteiger partial charge in [0.05, 0.1) is 0 Å². The first-order chi connectivity index (χ1) is 9.44. The molecule has 1 aliphatic heterocycles. The Labute approximate surface area is 116 Å². The Morgan fingerprint density at radius 1 is 1.25 bits per heavy atom. The normalized spacial score (nSPS) is 24.9. The van der Waals surface area contributed by atoms with Crippen LogP contribution < -0.4 is 10.6 Å². The molecule has 1 saturated heterocycles. The second kappa shape index (κ2) is 5.78. The van der Waals surface area contributed by atoms with Crippen molar-refractivity contribution in [2.45, 2.75) is 38.1 Å². The lowest BCUT2D eigenvalue weighted by Gasteiger charge is -2.23. The fraction of sp³-hybridized carbons (Fsp3) is 0.769. The zero-order valence-electron chi connectivity index (χ0n) is 11.2. The van der Waals surface area contributed by atoms with Crippen LogP contribution in [0.5, 0.6) is 0 Å². The van der Waals surface area contributed by atoms with Crippen LogP contribution in [-0.4, -0.2) is 47.2 Å². The van der Waals surface area contributed by atoms with Gasteiger partial charge in [0, 0.05) is 12.3 Å². The summed E-state index contributed by atoms with van der Waals surface area (Å²) in [5.74, 6) is -2.60. The van der Waals surface area contributed by atoms with Gasteiger partial charge >= 0.3 is 11.9 Å². The van der Waals surface area contributed by atoms with Gasteiger partial charge in [0.15, 0.2) is 0 Å². The third-order valence-corrected chi connectivity index (χ3v) is 4.37. The summed E-state index contributed by atoms with van der Waals surface area (Å²) in [6, 6.07) is -1.11. The lowest BCUT2D eigenvalue weighted by molar-refractivity contribution is -0.143. The van der Waals surface area contributed by atoms with Crippen LogP contribution in [0.1, 0.15) is 32.1 Å². The molecular weight excluding hydrogens is 264 g/mol. The van der Waals surface area contributed by atoms with E-state index in [1.807, 2.05) is 0 Å².